The van der Waals surface area contributed by atoms with Gasteiger partial charge in [-0.3, -0.25) is 0 Å². The molecule has 1 saturated heterocycles. The summed E-state index contributed by atoms with van der Waals surface area (Å²) >= 11 is 0. The topological polar surface area (TPSA) is 48.1 Å². The second-order valence-electron chi connectivity index (χ2n) is 4.96. The largest absolute Gasteiger partial charge is 0.463 e. The Balaban J connectivity index is 1.96. The fraction of sp³-hybridized carbons (Fsp3) is 0.786. The summed E-state index contributed by atoms with van der Waals surface area (Å²) in [5, 5.41) is 0. The highest BCUT2D eigenvalue weighted by atomic mass is 16.6. The van der Waals surface area contributed by atoms with Gasteiger partial charge in [0.05, 0.1) is 18.8 Å². The molecule has 0 radical (unpaired) electrons. The summed E-state index contributed by atoms with van der Waals surface area (Å²) in [5.74, 6) is -0.233. The van der Waals surface area contributed by atoms with Gasteiger partial charge >= 0.3 is 5.97 Å². The quantitative estimate of drug-likeness (QED) is 0.538. The Hall–Kier alpha value is -0.870. The fourth-order valence-corrected chi connectivity index (χ4v) is 2.42. The summed E-state index contributed by atoms with van der Waals surface area (Å²) in [5.41, 5.74) is 0.698. The van der Waals surface area contributed by atoms with Crippen molar-refractivity contribution >= 4 is 5.97 Å². The van der Waals surface area contributed by atoms with Crippen LogP contribution in [0.25, 0.3) is 0 Å². The molecule has 0 bridgehead atoms. The molecule has 1 aliphatic carbocycles. The van der Waals surface area contributed by atoms with Crippen molar-refractivity contribution in [1.82, 2.24) is 0 Å². The van der Waals surface area contributed by atoms with Gasteiger partial charge in [0, 0.05) is 12.0 Å². The SMILES string of the molecule is CCCC(C)O[C@H]1C=C(C(=O)OCC)C[C@@H]2O[C@H]12. The van der Waals surface area contributed by atoms with Crippen LogP contribution in [0.2, 0.25) is 0 Å². The van der Waals surface area contributed by atoms with Crippen LogP contribution in [-0.2, 0) is 19.0 Å². The van der Waals surface area contributed by atoms with Crippen LogP contribution in [-0.4, -0.2) is 37.0 Å². The molecule has 0 N–H and O–H groups in total. The van der Waals surface area contributed by atoms with Gasteiger partial charge in [-0.05, 0) is 26.3 Å². The average Bonchev–Trinajstić information content (AvgIpc) is 3.09. The molecule has 0 spiro atoms. The van der Waals surface area contributed by atoms with Crippen molar-refractivity contribution in [3.63, 3.8) is 0 Å². The first kappa shape index (κ1) is 13.6. The third-order valence-corrected chi connectivity index (χ3v) is 3.35. The molecule has 1 aliphatic heterocycles. The van der Waals surface area contributed by atoms with Crippen molar-refractivity contribution in [2.24, 2.45) is 0 Å². The molecule has 18 heavy (non-hydrogen) atoms. The lowest BCUT2D eigenvalue weighted by atomic mass is 9.97. The van der Waals surface area contributed by atoms with E-state index < -0.39 is 0 Å². The van der Waals surface area contributed by atoms with Gasteiger partial charge in [0.15, 0.2) is 0 Å². The van der Waals surface area contributed by atoms with E-state index >= 15 is 0 Å². The summed E-state index contributed by atoms with van der Waals surface area (Å²) < 4.78 is 16.5. The molecule has 4 atom stereocenters. The van der Waals surface area contributed by atoms with Gasteiger partial charge in [0.2, 0.25) is 0 Å². The summed E-state index contributed by atoms with van der Waals surface area (Å²) in [6, 6.07) is 0. The highest BCUT2D eigenvalue weighted by molar-refractivity contribution is 5.89. The van der Waals surface area contributed by atoms with E-state index in [0.717, 1.165) is 12.8 Å². The average molecular weight is 254 g/mol. The van der Waals surface area contributed by atoms with Crippen LogP contribution in [0, 0.1) is 0 Å². The number of ether oxygens (including phenoxy) is 3. The Morgan fingerprint density at radius 2 is 2.33 bits per heavy atom. The van der Waals surface area contributed by atoms with Gasteiger partial charge in [0.1, 0.15) is 12.2 Å². The van der Waals surface area contributed by atoms with E-state index in [9.17, 15) is 4.79 Å². The van der Waals surface area contributed by atoms with Gasteiger partial charge in [-0.25, -0.2) is 4.79 Å². The first-order valence-corrected chi connectivity index (χ1v) is 6.84. The van der Waals surface area contributed by atoms with Crippen molar-refractivity contribution < 1.29 is 19.0 Å². The highest BCUT2D eigenvalue weighted by Gasteiger charge is 2.49. The Kier molecular flexibility index (Phi) is 4.40. The monoisotopic (exact) mass is 254 g/mol. The van der Waals surface area contributed by atoms with Gasteiger partial charge in [-0.15, -0.1) is 0 Å². The minimum absolute atomic E-state index is 0.0929. The number of esters is 1. The number of fused-ring (bicyclic) bond motifs is 1. The van der Waals surface area contributed by atoms with Gasteiger partial charge in [-0.1, -0.05) is 13.3 Å². The molecule has 2 rings (SSSR count). The number of carbonyl (C=O) groups excluding carboxylic acids is 1. The van der Waals surface area contributed by atoms with E-state index in [1.807, 2.05) is 13.0 Å². The van der Waals surface area contributed by atoms with E-state index in [1.54, 1.807) is 0 Å². The second-order valence-corrected chi connectivity index (χ2v) is 4.96. The summed E-state index contributed by atoms with van der Waals surface area (Å²) in [4.78, 5) is 11.7. The van der Waals surface area contributed by atoms with Crippen molar-refractivity contribution in [1.29, 1.82) is 0 Å². The van der Waals surface area contributed by atoms with Crippen LogP contribution in [0.4, 0.5) is 0 Å². The summed E-state index contributed by atoms with van der Waals surface area (Å²) in [6.45, 7) is 6.42. The summed E-state index contributed by atoms with van der Waals surface area (Å²) in [7, 11) is 0. The predicted molar refractivity (Wildman–Crippen MR) is 67.2 cm³/mol. The predicted octanol–water partition coefficient (Wildman–Crippen LogP) is 2.22. The normalized spacial score (nSPS) is 31.3. The fourth-order valence-electron chi connectivity index (χ4n) is 2.42. The Bertz CT molecular complexity index is 337. The first-order chi connectivity index (χ1) is 8.65. The van der Waals surface area contributed by atoms with E-state index in [4.69, 9.17) is 14.2 Å². The van der Waals surface area contributed by atoms with Crippen LogP contribution >= 0.6 is 0 Å². The number of carbonyl (C=O) groups is 1. The molecule has 0 aromatic heterocycles. The van der Waals surface area contributed by atoms with E-state index in [1.165, 1.54) is 0 Å². The molecule has 0 saturated carbocycles. The van der Waals surface area contributed by atoms with Crippen molar-refractivity contribution in [3.8, 4) is 0 Å². The van der Waals surface area contributed by atoms with Crippen LogP contribution < -0.4 is 0 Å². The molecule has 1 heterocycles. The van der Waals surface area contributed by atoms with Crippen LogP contribution in [0.5, 0.6) is 0 Å². The zero-order valence-electron chi connectivity index (χ0n) is 11.3. The minimum Gasteiger partial charge on any atom is -0.463 e. The van der Waals surface area contributed by atoms with E-state index in [2.05, 4.69) is 13.8 Å². The maximum Gasteiger partial charge on any atom is 0.333 e. The molecule has 102 valence electrons. The smallest absolute Gasteiger partial charge is 0.333 e. The first-order valence-electron chi connectivity index (χ1n) is 6.84. The third-order valence-electron chi connectivity index (χ3n) is 3.35. The van der Waals surface area contributed by atoms with Gasteiger partial charge < -0.3 is 14.2 Å². The molecule has 4 nitrogen and oxygen atoms in total. The lowest BCUT2D eigenvalue weighted by Crippen LogP contribution is -2.29. The number of epoxide rings is 1. The minimum atomic E-state index is -0.233. The van der Waals surface area contributed by atoms with Crippen LogP contribution in [0.1, 0.15) is 40.0 Å². The van der Waals surface area contributed by atoms with Gasteiger partial charge in [-0.2, -0.15) is 0 Å². The molecule has 0 aromatic carbocycles. The van der Waals surface area contributed by atoms with Crippen molar-refractivity contribution in [2.45, 2.75) is 64.4 Å². The Morgan fingerprint density at radius 3 is 3.00 bits per heavy atom. The van der Waals surface area contributed by atoms with Crippen molar-refractivity contribution in [2.75, 3.05) is 6.61 Å². The molecule has 1 fully saturated rings. The molecule has 1 unspecified atom stereocenters. The van der Waals surface area contributed by atoms with E-state index in [-0.39, 0.29) is 30.4 Å². The molecule has 0 amide bonds. The zero-order valence-corrected chi connectivity index (χ0v) is 11.3. The maximum absolute atomic E-state index is 11.7. The van der Waals surface area contributed by atoms with E-state index in [0.29, 0.717) is 18.6 Å². The van der Waals surface area contributed by atoms with Gasteiger partial charge in [0.25, 0.3) is 0 Å². The number of hydrogen-bond donors (Lipinski definition) is 0. The van der Waals surface area contributed by atoms with Crippen LogP contribution in [0.15, 0.2) is 11.6 Å². The molecule has 2 aliphatic rings. The van der Waals surface area contributed by atoms with Crippen LogP contribution in [0.3, 0.4) is 0 Å². The molecule has 0 aromatic rings. The zero-order chi connectivity index (χ0) is 13.1. The molecular weight excluding hydrogens is 232 g/mol. The Morgan fingerprint density at radius 1 is 1.56 bits per heavy atom. The van der Waals surface area contributed by atoms with Crippen molar-refractivity contribution in [3.05, 3.63) is 11.6 Å². The summed E-state index contributed by atoms with van der Waals surface area (Å²) in [6.07, 6.45) is 5.06. The third kappa shape index (κ3) is 3.12. The second kappa shape index (κ2) is 5.85. The molecular formula is C14H22O4. The standard InChI is InChI=1S/C14H22O4/c1-4-6-9(3)17-11-7-10(14(15)16-5-2)8-12-13(11)18-12/h7,9,11-13H,4-6,8H2,1-3H3/t9?,11-,12-,13+/m0/s1. The lowest BCUT2D eigenvalue weighted by molar-refractivity contribution is -0.138. The highest BCUT2D eigenvalue weighted by Crippen LogP contribution is 2.38. The maximum atomic E-state index is 11.7. The number of hydrogen-bond acceptors (Lipinski definition) is 4. The lowest BCUT2D eigenvalue weighted by Gasteiger charge is -2.21. The Labute approximate surface area is 108 Å². The number of rotatable bonds is 6. The molecule has 4 heteroatoms.